The first-order valence-corrected chi connectivity index (χ1v) is 7.75. The Hall–Kier alpha value is -0.860. The number of aryl methyl sites for hydroxylation is 1. The Bertz CT molecular complexity index is 415. The fourth-order valence-corrected chi connectivity index (χ4v) is 4.00. The standard InChI is InChI=1S/C17H26N2/c1-13-4-3-5-14(10-13)8-9-19-16-6-7-17(19)12-15(11-16)18-2/h3-5,10,15-18H,6-9,11-12H2,1-2H3. The minimum Gasteiger partial charge on any atom is -0.317 e. The van der Waals surface area contributed by atoms with Crippen molar-refractivity contribution < 1.29 is 0 Å². The van der Waals surface area contributed by atoms with E-state index >= 15 is 0 Å². The van der Waals surface area contributed by atoms with Crippen molar-refractivity contribution in [2.45, 2.75) is 57.2 Å². The first kappa shape index (κ1) is 13.1. The predicted octanol–water partition coefficient (Wildman–Crippen LogP) is 2.75. The average Bonchev–Trinajstić information content (AvgIpc) is 2.66. The normalized spacial score (nSPS) is 30.7. The van der Waals surface area contributed by atoms with Crippen molar-refractivity contribution in [3.05, 3.63) is 35.4 Å². The van der Waals surface area contributed by atoms with Gasteiger partial charge in [0.05, 0.1) is 0 Å². The number of rotatable bonds is 4. The van der Waals surface area contributed by atoms with Crippen LogP contribution >= 0.6 is 0 Å². The quantitative estimate of drug-likeness (QED) is 0.893. The Morgan fingerprint density at radius 3 is 2.58 bits per heavy atom. The van der Waals surface area contributed by atoms with Crippen LogP contribution in [0, 0.1) is 6.92 Å². The van der Waals surface area contributed by atoms with Gasteiger partial charge in [-0.2, -0.15) is 0 Å². The van der Waals surface area contributed by atoms with Gasteiger partial charge in [0.1, 0.15) is 0 Å². The molecule has 104 valence electrons. The van der Waals surface area contributed by atoms with E-state index in [1.165, 1.54) is 49.8 Å². The second-order valence-electron chi connectivity index (χ2n) is 6.32. The molecule has 2 nitrogen and oxygen atoms in total. The molecule has 19 heavy (non-hydrogen) atoms. The van der Waals surface area contributed by atoms with Gasteiger partial charge in [-0.3, -0.25) is 4.90 Å². The molecule has 2 aliphatic rings. The summed E-state index contributed by atoms with van der Waals surface area (Å²) in [4.78, 5) is 2.79. The van der Waals surface area contributed by atoms with Crippen molar-refractivity contribution in [2.24, 2.45) is 0 Å². The van der Waals surface area contributed by atoms with E-state index in [2.05, 4.69) is 48.5 Å². The van der Waals surface area contributed by atoms with Gasteiger partial charge in [-0.05, 0) is 51.6 Å². The molecule has 2 aliphatic heterocycles. The summed E-state index contributed by atoms with van der Waals surface area (Å²) >= 11 is 0. The highest BCUT2D eigenvalue weighted by molar-refractivity contribution is 5.22. The fraction of sp³-hybridized carbons (Fsp3) is 0.647. The summed E-state index contributed by atoms with van der Waals surface area (Å²) in [6.45, 7) is 3.43. The van der Waals surface area contributed by atoms with E-state index in [-0.39, 0.29) is 0 Å². The van der Waals surface area contributed by atoms with Gasteiger partial charge in [-0.1, -0.05) is 29.8 Å². The van der Waals surface area contributed by atoms with E-state index in [0.717, 1.165) is 18.1 Å². The third-order valence-corrected chi connectivity index (χ3v) is 5.03. The Balaban J connectivity index is 1.59. The number of nitrogens with zero attached hydrogens (tertiary/aromatic N) is 1. The fourth-order valence-electron chi connectivity index (χ4n) is 4.00. The third-order valence-electron chi connectivity index (χ3n) is 5.03. The number of benzene rings is 1. The lowest BCUT2D eigenvalue weighted by molar-refractivity contribution is 0.121. The Morgan fingerprint density at radius 1 is 1.21 bits per heavy atom. The summed E-state index contributed by atoms with van der Waals surface area (Å²) in [6.07, 6.45) is 6.73. The van der Waals surface area contributed by atoms with Gasteiger partial charge in [-0.15, -0.1) is 0 Å². The van der Waals surface area contributed by atoms with Gasteiger partial charge in [0.25, 0.3) is 0 Å². The van der Waals surface area contributed by atoms with Crippen LogP contribution in [0.2, 0.25) is 0 Å². The zero-order valence-corrected chi connectivity index (χ0v) is 12.2. The van der Waals surface area contributed by atoms with Crippen LogP contribution in [0.15, 0.2) is 24.3 Å². The molecule has 2 atom stereocenters. The zero-order valence-electron chi connectivity index (χ0n) is 12.2. The SMILES string of the molecule is CNC1CC2CCC(C1)N2CCc1cccc(C)c1. The summed E-state index contributed by atoms with van der Waals surface area (Å²) in [5.41, 5.74) is 2.88. The van der Waals surface area contributed by atoms with Gasteiger partial charge < -0.3 is 5.32 Å². The average molecular weight is 258 g/mol. The lowest BCUT2D eigenvalue weighted by atomic mass is 9.97. The molecule has 1 N–H and O–H groups in total. The van der Waals surface area contributed by atoms with Crippen molar-refractivity contribution in [1.82, 2.24) is 10.2 Å². The van der Waals surface area contributed by atoms with Gasteiger partial charge in [-0.25, -0.2) is 0 Å². The van der Waals surface area contributed by atoms with Gasteiger partial charge in [0.2, 0.25) is 0 Å². The molecule has 2 unspecified atom stereocenters. The lowest BCUT2D eigenvalue weighted by Gasteiger charge is -2.39. The summed E-state index contributed by atoms with van der Waals surface area (Å²) in [7, 11) is 2.12. The molecule has 3 rings (SSSR count). The molecule has 0 saturated carbocycles. The summed E-state index contributed by atoms with van der Waals surface area (Å²) in [6, 6.07) is 11.4. The van der Waals surface area contributed by atoms with E-state index < -0.39 is 0 Å². The minimum atomic E-state index is 0.757. The van der Waals surface area contributed by atoms with Crippen LogP contribution in [0.1, 0.15) is 36.8 Å². The summed E-state index contributed by atoms with van der Waals surface area (Å²) in [5.74, 6) is 0. The van der Waals surface area contributed by atoms with Gasteiger partial charge in [0.15, 0.2) is 0 Å². The van der Waals surface area contributed by atoms with Gasteiger partial charge >= 0.3 is 0 Å². The maximum Gasteiger partial charge on any atom is 0.0114 e. The highest BCUT2D eigenvalue weighted by Crippen LogP contribution is 2.35. The highest BCUT2D eigenvalue weighted by atomic mass is 15.2. The van der Waals surface area contributed by atoms with Crippen LogP contribution in [0.5, 0.6) is 0 Å². The molecule has 0 radical (unpaired) electrons. The maximum atomic E-state index is 3.48. The molecule has 1 aromatic rings. The Kier molecular flexibility index (Phi) is 3.90. The third kappa shape index (κ3) is 2.85. The number of hydrogen-bond acceptors (Lipinski definition) is 2. The molecule has 0 spiro atoms. The topological polar surface area (TPSA) is 15.3 Å². The van der Waals surface area contributed by atoms with Crippen molar-refractivity contribution in [1.29, 1.82) is 0 Å². The molecule has 0 aromatic heterocycles. The zero-order chi connectivity index (χ0) is 13.2. The Labute approximate surface area is 117 Å². The van der Waals surface area contributed by atoms with Crippen LogP contribution in [0.3, 0.4) is 0 Å². The molecule has 2 fully saturated rings. The summed E-state index contributed by atoms with van der Waals surface area (Å²) in [5, 5.41) is 3.48. The number of nitrogens with one attached hydrogen (secondary N) is 1. The summed E-state index contributed by atoms with van der Waals surface area (Å²) < 4.78 is 0. The predicted molar refractivity (Wildman–Crippen MR) is 80.5 cm³/mol. The first-order valence-electron chi connectivity index (χ1n) is 7.75. The van der Waals surface area contributed by atoms with Crippen molar-refractivity contribution in [2.75, 3.05) is 13.6 Å². The van der Waals surface area contributed by atoms with Crippen molar-refractivity contribution in [3.8, 4) is 0 Å². The minimum absolute atomic E-state index is 0.757. The second-order valence-corrected chi connectivity index (χ2v) is 6.32. The van der Waals surface area contributed by atoms with Crippen LogP contribution in [0.4, 0.5) is 0 Å². The molecular formula is C17H26N2. The monoisotopic (exact) mass is 258 g/mol. The van der Waals surface area contributed by atoms with E-state index in [0.29, 0.717) is 0 Å². The number of piperidine rings is 1. The molecule has 2 saturated heterocycles. The lowest BCUT2D eigenvalue weighted by Crippen LogP contribution is -2.48. The van der Waals surface area contributed by atoms with Crippen LogP contribution in [-0.2, 0) is 6.42 Å². The van der Waals surface area contributed by atoms with E-state index in [1.54, 1.807) is 0 Å². The molecule has 0 aliphatic carbocycles. The van der Waals surface area contributed by atoms with E-state index in [1.807, 2.05) is 0 Å². The largest absolute Gasteiger partial charge is 0.317 e. The molecule has 2 bridgehead atoms. The molecule has 2 heteroatoms. The van der Waals surface area contributed by atoms with Crippen LogP contribution in [-0.4, -0.2) is 36.6 Å². The van der Waals surface area contributed by atoms with Crippen molar-refractivity contribution >= 4 is 0 Å². The van der Waals surface area contributed by atoms with E-state index in [9.17, 15) is 0 Å². The number of fused-ring (bicyclic) bond motifs is 2. The highest BCUT2D eigenvalue weighted by Gasteiger charge is 2.39. The van der Waals surface area contributed by atoms with Crippen LogP contribution in [0.25, 0.3) is 0 Å². The van der Waals surface area contributed by atoms with Gasteiger partial charge in [0, 0.05) is 24.7 Å². The maximum absolute atomic E-state index is 3.48. The van der Waals surface area contributed by atoms with Crippen molar-refractivity contribution in [3.63, 3.8) is 0 Å². The molecule has 1 aromatic carbocycles. The molecule has 0 amide bonds. The second kappa shape index (κ2) is 5.64. The molecular weight excluding hydrogens is 232 g/mol. The Morgan fingerprint density at radius 2 is 1.95 bits per heavy atom. The molecule has 2 heterocycles. The van der Waals surface area contributed by atoms with Crippen LogP contribution < -0.4 is 5.32 Å². The smallest absolute Gasteiger partial charge is 0.0114 e. The first-order chi connectivity index (χ1) is 9.26. The number of hydrogen-bond donors (Lipinski definition) is 1. The van der Waals surface area contributed by atoms with E-state index in [4.69, 9.17) is 0 Å².